The Morgan fingerprint density at radius 3 is 2.80 bits per heavy atom. The molecule has 3 aromatic rings. The van der Waals surface area contributed by atoms with Gasteiger partial charge < -0.3 is 14.4 Å². The van der Waals surface area contributed by atoms with E-state index in [1.54, 1.807) is 6.07 Å². The third-order valence-electron chi connectivity index (χ3n) is 4.79. The first-order valence-electron chi connectivity index (χ1n) is 9.63. The highest BCUT2D eigenvalue weighted by atomic mass is 35.5. The van der Waals surface area contributed by atoms with Gasteiger partial charge in [-0.1, -0.05) is 30.3 Å². The Hall–Kier alpha value is -2.77. The molecule has 1 aliphatic heterocycles. The van der Waals surface area contributed by atoms with Gasteiger partial charge in [-0.2, -0.15) is 0 Å². The SMILES string of the molecule is Fc1cnc(Cl)nc1-c1cc(F)c2c(c1)N(CCCOCc1ccccc1)CCO2. The summed E-state index contributed by atoms with van der Waals surface area (Å²) in [4.78, 5) is 9.52. The standard InChI is InChI=1S/C22H20ClF2N3O2/c23-22-26-13-18(25)20(27-22)16-11-17(24)21-19(12-16)28(8-10-30-21)7-4-9-29-14-15-5-2-1-3-6-15/h1-3,5-6,11-13H,4,7-10,14H2. The summed E-state index contributed by atoms with van der Waals surface area (Å²) in [5.41, 5.74) is 1.91. The third kappa shape index (κ3) is 4.68. The molecule has 5 nitrogen and oxygen atoms in total. The molecular weight excluding hydrogens is 412 g/mol. The fraction of sp³-hybridized carbons (Fsp3) is 0.273. The number of ether oxygens (including phenoxy) is 2. The summed E-state index contributed by atoms with van der Waals surface area (Å²) in [6.07, 6.45) is 1.73. The van der Waals surface area contributed by atoms with Crippen LogP contribution >= 0.6 is 11.6 Å². The number of rotatable bonds is 7. The van der Waals surface area contributed by atoms with Gasteiger partial charge in [0.05, 0.1) is 25.0 Å². The van der Waals surface area contributed by atoms with Gasteiger partial charge in [-0.15, -0.1) is 0 Å². The predicted octanol–water partition coefficient (Wildman–Crippen LogP) is 4.88. The van der Waals surface area contributed by atoms with Crippen LogP contribution in [0, 0.1) is 11.6 Å². The van der Waals surface area contributed by atoms with E-state index < -0.39 is 11.6 Å². The zero-order valence-electron chi connectivity index (χ0n) is 16.2. The van der Waals surface area contributed by atoms with Gasteiger partial charge in [0.1, 0.15) is 12.3 Å². The first-order chi connectivity index (χ1) is 14.6. The minimum atomic E-state index is -0.670. The van der Waals surface area contributed by atoms with E-state index in [1.165, 1.54) is 6.07 Å². The second-order valence-electron chi connectivity index (χ2n) is 6.87. The predicted molar refractivity (Wildman–Crippen MR) is 111 cm³/mol. The zero-order valence-corrected chi connectivity index (χ0v) is 16.9. The lowest BCUT2D eigenvalue weighted by molar-refractivity contribution is 0.119. The highest BCUT2D eigenvalue weighted by Crippen LogP contribution is 2.38. The van der Waals surface area contributed by atoms with E-state index in [2.05, 4.69) is 9.97 Å². The maximum absolute atomic E-state index is 14.7. The number of halogens is 3. The van der Waals surface area contributed by atoms with E-state index in [1.807, 2.05) is 35.2 Å². The van der Waals surface area contributed by atoms with Crippen molar-refractivity contribution in [3.05, 3.63) is 71.1 Å². The first kappa shape index (κ1) is 20.5. The molecule has 0 N–H and O–H groups in total. The van der Waals surface area contributed by atoms with Crippen LogP contribution in [0.1, 0.15) is 12.0 Å². The third-order valence-corrected chi connectivity index (χ3v) is 4.97. The van der Waals surface area contributed by atoms with E-state index in [0.717, 1.165) is 18.2 Å². The molecule has 2 heterocycles. The molecule has 0 saturated carbocycles. The molecule has 0 radical (unpaired) electrons. The molecule has 1 aromatic heterocycles. The van der Waals surface area contributed by atoms with E-state index in [4.69, 9.17) is 21.1 Å². The van der Waals surface area contributed by atoms with Crippen LogP contribution in [-0.2, 0) is 11.3 Å². The quantitative estimate of drug-likeness (QED) is 0.394. The van der Waals surface area contributed by atoms with Crippen molar-refractivity contribution in [2.24, 2.45) is 0 Å². The smallest absolute Gasteiger partial charge is 0.223 e. The fourth-order valence-corrected chi connectivity index (χ4v) is 3.51. The molecule has 4 rings (SSSR count). The van der Waals surface area contributed by atoms with Crippen LogP contribution in [0.2, 0.25) is 5.28 Å². The van der Waals surface area contributed by atoms with Crippen molar-refractivity contribution in [1.82, 2.24) is 9.97 Å². The van der Waals surface area contributed by atoms with Gasteiger partial charge in [0.15, 0.2) is 17.4 Å². The molecule has 2 aromatic carbocycles. The summed E-state index contributed by atoms with van der Waals surface area (Å²) in [7, 11) is 0. The van der Waals surface area contributed by atoms with Gasteiger partial charge in [0, 0.05) is 18.7 Å². The molecule has 0 saturated heterocycles. The summed E-state index contributed by atoms with van der Waals surface area (Å²) in [5.74, 6) is -1.08. The van der Waals surface area contributed by atoms with Crippen molar-refractivity contribution >= 4 is 17.3 Å². The highest BCUT2D eigenvalue weighted by Gasteiger charge is 2.24. The molecular formula is C22H20ClF2N3O2. The largest absolute Gasteiger partial charge is 0.486 e. The summed E-state index contributed by atoms with van der Waals surface area (Å²) in [6.45, 7) is 2.75. The van der Waals surface area contributed by atoms with Gasteiger partial charge >= 0.3 is 0 Å². The number of benzene rings is 2. The molecule has 0 aliphatic carbocycles. The minimum absolute atomic E-state index is 0.0478. The van der Waals surface area contributed by atoms with E-state index in [9.17, 15) is 8.78 Å². The van der Waals surface area contributed by atoms with Gasteiger partial charge in [0.2, 0.25) is 5.28 Å². The molecule has 8 heteroatoms. The number of nitrogens with zero attached hydrogens (tertiary/aromatic N) is 3. The van der Waals surface area contributed by atoms with Gasteiger partial charge in [0.25, 0.3) is 0 Å². The number of aromatic nitrogens is 2. The van der Waals surface area contributed by atoms with E-state index in [-0.39, 0.29) is 22.3 Å². The van der Waals surface area contributed by atoms with Crippen molar-refractivity contribution in [1.29, 1.82) is 0 Å². The molecule has 0 spiro atoms. The number of fused-ring (bicyclic) bond motifs is 1. The fourth-order valence-electron chi connectivity index (χ4n) is 3.37. The molecule has 1 aliphatic rings. The van der Waals surface area contributed by atoms with E-state index >= 15 is 0 Å². The lowest BCUT2D eigenvalue weighted by Crippen LogP contribution is -2.34. The van der Waals surface area contributed by atoms with Crippen LogP contribution in [0.3, 0.4) is 0 Å². The Morgan fingerprint density at radius 2 is 1.97 bits per heavy atom. The zero-order chi connectivity index (χ0) is 20.9. The Morgan fingerprint density at radius 1 is 1.13 bits per heavy atom. The molecule has 0 unspecified atom stereocenters. The van der Waals surface area contributed by atoms with Crippen LogP contribution in [0.25, 0.3) is 11.3 Å². The van der Waals surface area contributed by atoms with Crippen LogP contribution in [-0.4, -0.2) is 36.3 Å². The summed E-state index contributed by atoms with van der Waals surface area (Å²) in [6, 6.07) is 12.8. The van der Waals surface area contributed by atoms with Crippen LogP contribution in [0.4, 0.5) is 14.5 Å². The average molecular weight is 432 g/mol. The van der Waals surface area contributed by atoms with Crippen molar-refractivity contribution in [3.8, 4) is 17.0 Å². The highest BCUT2D eigenvalue weighted by molar-refractivity contribution is 6.28. The second-order valence-corrected chi connectivity index (χ2v) is 7.21. The summed E-state index contributed by atoms with van der Waals surface area (Å²) < 4.78 is 40.1. The molecule has 0 atom stereocenters. The van der Waals surface area contributed by atoms with Gasteiger partial charge in [-0.05, 0) is 35.7 Å². The molecule has 0 fully saturated rings. The lowest BCUT2D eigenvalue weighted by atomic mass is 10.1. The van der Waals surface area contributed by atoms with Crippen LogP contribution < -0.4 is 9.64 Å². The minimum Gasteiger partial charge on any atom is -0.486 e. The maximum atomic E-state index is 14.7. The van der Waals surface area contributed by atoms with Crippen molar-refractivity contribution < 1.29 is 18.3 Å². The topological polar surface area (TPSA) is 47.5 Å². The Balaban J connectivity index is 1.46. The number of anilines is 1. The molecule has 156 valence electrons. The summed E-state index contributed by atoms with van der Waals surface area (Å²) in [5, 5.41) is -0.104. The maximum Gasteiger partial charge on any atom is 0.223 e. The summed E-state index contributed by atoms with van der Waals surface area (Å²) >= 11 is 5.79. The van der Waals surface area contributed by atoms with Crippen LogP contribution in [0.5, 0.6) is 5.75 Å². The number of hydrogen-bond acceptors (Lipinski definition) is 5. The molecule has 0 bridgehead atoms. The van der Waals surface area contributed by atoms with Crippen molar-refractivity contribution in [2.75, 3.05) is 31.2 Å². The monoisotopic (exact) mass is 431 g/mol. The Labute approximate surface area is 178 Å². The van der Waals surface area contributed by atoms with E-state index in [0.29, 0.717) is 38.6 Å². The average Bonchev–Trinajstić information content (AvgIpc) is 2.76. The van der Waals surface area contributed by atoms with Crippen molar-refractivity contribution in [3.63, 3.8) is 0 Å². The Kier molecular flexibility index (Phi) is 6.40. The van der Waals surface area contributed by atoms with Gasteiger partial charge in [-0.3, -0.25) is 0 Å². The first-order valence-corrected chi connectivity index (χ1v) is 10.0. The second kappa shape index (κ2) is 9.36. The number of hydrogen-bond donors (Lipinski definition) is 0. The molecule has 0 amide bonds. The Bertz CT molecular complexity index is 1020. The molecule has 30 heavy (non-hydrogen) atoms. The van der Waals surface area contributed by atoms with Crippen LogP contribution in [0.15, 0.2) is 48.7 Å². The van der Waals surface area contributed by atoms with Crippen molar-refractivity contribution in [2.45, 2.75) is 13.0 Å². The van der Waals surface area contributed by atoms with Gasteiger partial charge in [-0.25, -0.2) is 18.7 Å². The lowest BCUT2D eigenvalue weighted by Gasteiger charge is -2.32. The normalized spacial score (nSPS) is 13.1.